The Hall–Kier alpha value is -2.67. The lowest BCUT2D eigenvalue weighted by Gasteiger charge is -1.97. The zero-order valence-corrected chi connectivity index (χ0v) is 10.7. The number of rotatable bonds is 3. The van der Waals surface area contributed by atoms with Crippen LogP contribution in [0.1, 0.15) is 10.6 Å². The Morgan fingerprint density at radius 2 is 2.05 bits per heavy atom. The summed E-state index contributed by atoms with van der Waals surface area (Å²) >= 11 is 6.02. The first-order valence-corrected chi connectivity index (χ1v) is 5.92. The van der Waals surface area contributed by atoms with Gasteiger partial charge in [-0.3, -0.25) is 10.1 Å². The third kappa shape index (κ3) is 2.39. The van der Waals surface area contributed by atoms with Gasteiger partial charge in [0.2, 0.25) is 5.76 Å². The molecule has 0 fully saturated rings. The molecule has 0 atom stereocenters. The first-order chi connectivity index (χ1) is 9.74. The average Bonchev–Trinajstić information content (AvgIpc) is 3.10. The van der Waals surface area contributed by atoms with Crippen molar-refractivity contribution in [3.8, 4) is 11.5 Å². The first-order valence-electron chi connectivity index (χ1n) is 5.54. The Balaban J connectivity index is 1.81. The van der Waals surface area contributed by atoms with Crippen molar-refractivity contribution < 1.29 is 13.7 Å². The molecule has 1 amide bonds. The summed E-state index contributed by atoms with van der Waals surface area (Å²) in [4.78, 5) is 11.7. The Morgan fingerprint density at radius 1 is 1.20 bits per heavy atom. The van der Waals surface area contributed by atoms with Crippen molar-refractivity contribution in [2.24, 2.45) is 0 Å². The van der Waals surface area contributed by atoms with Crippen LogP contribution in [0, 0.1) is 0 Å². The lowest BCUT2D eigenvalue weighted by molar-refractivity contribution is 0.0985. The molecule has 0 saturated heterocycles. The summed E-state index contributed by atoms with van der Waals surface area (Å²) in [5.41, 5.74) is 0.585. The largest absolute Gasteiger partial charge is 0.403 e. The fraction of sp³-hybridized carbons (Fsp3) is 0. The fourth-order valence-corrected chi connectivity index (χ4v) is 1.73. The summed E-state index contributed by atoms with van der Waals surface area (Å²) in [6, 6.07) is 8.38. The molecule has 0 spiro atoms. The Labute approximate surface area is 117 Å². The maximum atomic E-state index is 11.7. The predicted molar refractivity (Wildman–Crippen MR) is 69.2 cm³/mol. The molecule has 1 N–H and O–H groups in total. The average molecular weight is 291 g/mol. The summed E-state index contributed by atoms with van der Waals surface area (Å²) in [7, 11) is 0. The van der Waals surface area contributed by atoms with E-state index in [0.717, 1.165) is 0 Å². The summed E-state index contributed by atoms with van der Waals surface area (Å²) in [5.74, 6) is -0.275. The van der Waals surface area contributed by atoms with Gasteiger partial charge >= 0.3 is 6.01 Å². The minimum atomic E-state index is -0.531. The number of aromatic nitrogens is 3. The molecule has 0 saturated carbocycles. The van der Waals surface area contributed by atoms with E-state index in [-0.39, 0.29) is 17.7 Å². The number of nitrogens with one attached hydrogen (secondary N) is 1. The number of hydrogen-bond acceptors (Lipinski definition) is 6. The summed E-state index contributed by atoms with van der Waals surface area (Å²) < 4.78 is 10.0. The Morgan fingerprint density at radius 3 is 2.80 bits per heavy atom. The van der Waals surface area contributed by atoms with E-state index >= 15 is 0 Å². The molecular weight excluding hydrogens is 284 g/mol. The van der Waals surface area contributed by atoms with Gasteiger partial charge in [0, 0.05) is 6.07 Å². The van der Waals surface area contributed by atoms with Crippen LogP contribution in [0.3, 0.4) is 0 Å². The molecule has 1 aromatic carbocycles. The maximum Gasteiger partial charge on any atom is 0.322 e. The number of halogens is 1. The van der Waals surface area contributed by atoms with Gasteiger partial charge in [-0.2, -0.15) is 0 Å². The molecule has 20 heavy (non-hydrogen) atoms. The van der Waals surface area contributed by atoms with Gasteiger partial charge in [0.05, 0.1) is 16.8 Å². The highest BCUT2D eigenvalue weighted by Gasteiger charge is 2.16. The predicted octanol–water partition coefficient (Wildman–Crippen LogP) is 2.63. The number of anilines is 1. The van der Waals surface area contributed by atoms with E-state index in [4.69, 9.17) is 20.5 Å². The molecule has 3 rings (SSSR count). The van der Waals surface area contributed by atoms with Gasteiger partial charge in [-0.25, -0.2) is 0 Å². The van der Waals surface area contributed by atoms with E-state index in [1.54, 1.807) is 24.3 Å². The molecule has 0 unspecified atom stereocenters. The molecule has 0 aliphatic carbocycles. The lowest BCUT2D eigenvalue weighted by Crippen LogP contribution is -2.11. The van der Waals surface area contributed by atoms with Crippen molar-refractivity contribution in [3.05, 3.63) is 47.3 Å². The van der Waals surface area contributed by atoms with Crippen molar-refractivity contribution in [2.75, 3.05) is 5.32 Å². The molecule has 7 nitrogen and oxygen atoms in total. The number of carbonyl (C=O) groups is 1. The van der Waals surface area contributed by atoms with Gasteiger partial charge in [-0.1, -0.05) is 34.0 Å². The van der Waals surface area contributed by atoms with Gasteiger partial charge in [-0.15, -0.1) is 5.10 Å². The zero-order chi connectivity index (χ0) is 13.9. The number of amides is 1. The second-order valence-corrected chi connectivity index (χ2v) is 4.13. The van der Waals surface area contributed by atoms with Crippen LogP contribution >= 0.6 is 11.6 Å². The molecule has 0 bridgehead atoms. The van der Waals surface area contributed by atoms with Crippen LogP contribution in [-0.4, -0.2) is 21.3 Å². The van der Waals surface area contributed by atoms with Gasteiger partial charge in [0.25, 0.3) is 11.8 Å². The highest BCUT2D eigenvalue weighted by atomic mass is 35.5. The minimum Gasteiger partial charge on any atom is -0.403 e. The van der Waals surface area contributed by atoms with Crippen LogP contribution < -0.4 is 5.32 Å². The molecule has 0 aliphatic heterocycles. The molecule has 2 aromatic heterocycles. The minimum absolute atomic E-state index is 0.0440. The maximum absolute atomic E-state index is 11.7. The number of benzene rings is 1. The second-order valence-electron chi connectivity index (χ2n) is 3.72. The smallest absolute Gasteiger partial charge is 0.322 e. The van der Waals surface area contributed by atoms with Crippen molar-refractivity contribution in [3.63, 3.8) is 0 Å². The van der Waals surface area contributed by atoms with E-state index in [1.165, 1.54) is 12.3 Å². The highest BCUT2D eigenvalue weighted by molar-refractivity contribution is 6.33. The van der Waals surface area contributed by atoms with E-state index in [0.29, 0.717) is 10.6 Å². The van der Waals surface area contributed by atoms with Crippen molar-refractivity contribution in [1.29, 1.82) is 0 Å². The molecule has 0 radical (unpaired) electrons. The van der Waals surface area contributed by atoms with Crippen LogP contribution in [0.2, 0.25) is 5.02 Å². The quantitative estimate of drug-likeness (QED) is 0.797. The van der Waals surface area contributed by atoms with Gasteiger partial charge < -0.3 is 8.94 Å². The third-order valence-electron chi connectivity index (χ3n) is 2.41. The second kappa shape index (κ2) is 5.14. The van der Waals surface area contributed by atoms with Crippen LogP contribution in [0.25, 0.3) is 11.5 Å². The highest BCUT2D eigenvalue weighted by Crippen LogP contribution is 2.27. The summed E-state index contributed by atoms with van der Waals surface area (Å²) in [6.45, 7) is 0. The number of hydrogen-bond donors (Lipinski definition) is 1. The standard InChI is InChI=1S/C12H7ClN4O3/c13-8-4-2-1-3-7(8)11-16-17-12(19-11)15-10(18)9-5-6-14-20-9/h1-6H,(H,15,17,18). The van der Waals surface area contributed by atoms with Gasteiger partial charge in [0.15, 0.2) is 0 Å². The zero-order valence-electron chi connectivity index (χ0n) is 9.91. The topological polar surface area (TPSA) is 94.1 Å². The molecular formula is C12H7ClN4O3. The molecule has 2 heterocycles. The van der Waals surface area contributed by atoms with Crippen LogP contribution in [0.5, 0.6) is 0 Å². The molecule has 3 aromatic rings. The van der Waals surface area contributed by atoms with Crippen molar-refractivity contribution in [2.45, 2.75) is 0 Å². The Bertz CT molecular complexity index is 739. The van der Waals surface area contributed by atoms with E-state index in [1.807, 2.05) is 0 Å². The lowest BCUT2D eigenvalue weighted by atomic mass is 10.2. The monoisotopic (exact) mass is 290 g/mol. The molecule has 8 heteroatoms. The van der Waals surface area contributed by atoms with E-state index in [9.17, 15) is 4.79 Å². The van der Waals surface area contributed by atoms with E-state index in [2.05, 4.69) is 20.7 Å². The van der Waals surface area contributed by atoms with Crippen molar-refractivity contribution >= 4 is 23.5 Å². The molecule has 0 aliphatic rings. The van der Waals surface area contributed by atoms with Crippen LogP contribution in [0.15, 0.2) is 45.5 Å². The number of nitrogens with zero attached hydrogens (tertiary/aromatic N) is 3. The normalized spacial score (nSPS) is 10.4. The van der Waals surface area contributed by atoms with Crippen LogP contribution in [0.4, 0.5) is 6.01 Å². The fourth-order valence-electron chi connectivity index (χ4n) is 1.51. The Kier molecular flexibility index (Phi) is 3.18. The SMILES string of the molecule is O=C(Nc1nnc(-c2ccccc2Cl)o1)c1ccno1. The first kappa shape index (κ1) is 12.4. The van der Waals surface area contributed by atoms with Gasteiger partial charge in [-0.05, 0) is 12.1 Å². The van der Waals surface area contributed by atoms with Crippen LogP contribution in [-0.2, 0) is 0 Å². The summed E-state index contributed by atoms with van der Waals surface area (Å²) in [5, 5.41) is 13.8. The van der Waals surface area contributed by atoms with E-state index < -0.39 is 5.91 Å². The summed E-state index contributed by atoms with van der Waals surface area (Å²) in [6.07, 6.45) is 1.36. The number of carbonyl (C=O) groups excluding carboxylic acids is 1. The van der Waals surface area contributed by atoms with Gasteiger partial charge in [0.1, 0.15) is 0 Å². The molecule has 100 valence electrons. The van der Waals surface area contributed by atoms with Crippen molar-refractivity contribution in [1.82, 2.24) is 15.4 Å². The third-order valence-corrected chi connectivity index (χ3v) is 2.74.